The molecule has 134 valence electrons. The van der Waals surface area contributed by atoms with Gasteiger partial charge in [0.05, 0.1) is 5.56 Å². The minimum atomic E-state index is 0.761. The maximum Gasteiger partial charge on any atom is 0.134 e. The Morgan fingerprint density at radius 2 is 1.93 bits per heavy atom. The first-order chi connectivity index (χ1) is 13.2. The van der Waals surface area contributed by atoms with Crippen LogP contribution in [-0.2, 0) is 19.5 Å². The van der Waals surface area contributed by atoms with E-state index >= 15 is 0 Å². The van der Waals surface area contributed by atoms with Gasteiger partial charge in [-0.3, -0.25) is 4.90 Å². The van der Waals surface area contributed by atoms with Gasteiger partial charge >= 0.3 is 0 Å². The molecular weight excluding hydrogens is 465 g/mol. The molecule has 0 bridgehead atoms. The maximum atomic E-state index is 9.68. The Morgan fingerprint density at radius 1 is 1.15 bits per heavy atom. The van der Waals surface area contributed by atoms with Crippen molar-refractivity contribution in [2.45, 2.75) is 19.5 Å². The van der Waals surface area contributed by atoms with E-state index in [0.29, 0.717) is 0 Å². The molecule has 1 aromatic heterocycles. The Balaban J connectivity index is 1.57. The lowest BCUT2D eigenvalue weighted by molar-refractivity contribution is 0.249. The molecule has 0 amide bonds. The summed E-state index contributed by atoms with van der Waals surface area (Å²) in [7, 11) is 0. The number of nitrogens with zero attached hydrogens (tertiary/aromatic N) is 3. The second-order valence-electron chi connectivity index (χ2n) is 6.52. The Kier molecular flexibility index (Phi) is 5.67. The van der Waals surface area contributed by atoms with Gasteiger partial charge in [-0.15, -0.1) is 11.3 Å². The third-order valence-corrected chi connectivity index (χ3v) is 6.81. The van der Waals surface area contributed by atoms with Gasteiger partial charge in [0.15, 0.2) is 0 Å². The Morgan fingerprint density at radius 3 is 2.70 bits per heavy atom. The van der Waals surface area contributed by atoms with Crippen LogP contribution < -0.4 is 0 Å². The Bertz CT molecular complexity index is 1020. The third kappa shape index (κ3) is 4.13. The molecular formula is C22H18IN3S. The number of hydrogen-bond donors (Lipinski definition) is 0. The number of rotatable bonds is 4. The normalized spacial score (nSPS) is 14.2. The smallest absolute Gasteiger partial charge is 0.134 e. The van der Waals surface area contributed by atoms with Crippen LogP contribution >= 0.6 is 33.9 Å². The topological polar surface area (TPSA) is 39.4 Å². The molecule has 27 heavy (non-hydrogen) atoms. The predicted molar refractivity (Wildman–Crippen MR) is 120 cm³/mol. The Hall–Kier alpha value is -2.01. The monoisotopic (exact) mass is 483 g/mol. The van der Waals surface area contributed by atoms with E-state index in [1.54, 1.807) is 11.3 Å². The van der Waals surface area contributed by atoms with Crippen LogP contribution in [0.15, 0.2) is 59.6 Å². The van der Waals surface area contributed by atoms with Gasteiger partial charge in [-0.1, -0.05) is 48.5 Å². The first-order valence-electron chi connectivity index (χ1n) is 8.84. The van der Waals surface area contributed by atoms with Gasteiger partial charge in [0.25, 0.3) is 0 Å². The van der Waals surface area contributed by atoms with Gasteiger partial charge in [-0.25, -0.2) is 4.99 Å². The molecule has 1 aliphatic heterocycles. The molecule has 3 aromatic rings. The van der Waals surface area contributed by atoms with Crippen LogP contribution in [0.2, 0.25) is 0 Å². The van der Waals surface area contributed by atoms with Crippen molar-refractivity contribution < 1.29 is 0 Å². The van der Waals surface area contributed by atoms with Gasteiger partial charge in [0.2, 0.25) is 0 Å². The predicted octanol–water partition coefficient (Wildman–Crippen LogP) is 5.53. The second kappa shape index (κ2) is 8.34. The minimum absolute atomic E-state index is 0.761. The van der Waals surface area contributed by atoms with Crippen LogP contribution in [0.3, 0.4) is 0 Å². The molecule has 0 saturated carbocycles. The van der Waals surface area contributed by atoms with Crippen molar-refractivity contribution in [3.8, 4) is 6.07 Å². The number of halogens is 1. The number of hydrogen-bond acceptors (Lipinski definition) is 4. The summed E-state index contributed by atoms with van der Waals surface area (Å²) < 4.78 is 1.16. The van der Waals surface area contributed by atoms with Crippen molar-refractivity contribution >= 4 is 45.1 Å². The van der Waals surface area contributed by atoms with Crippen LogP contribution in [0.5, 0.6) is 0 Å². The van der Waals surface area contributed by atoms with Crippen LogP contribution in [0.1, 0.15) is 27.1 Å². The van der Waals surface area contributed by atoms with Gasteiger partial charge < -0.3 is 0 Å². The molecule has 3 nitrogen and oxygen atoms in total. The van der Waals surface area contributed by atoms with Crippen LogP contribution in [0, 0.1) is 14.9 Å². The van der Waals surface area contributed by atoms with Gasteiger partial charge in [-0.05, 0) is 46.2 Å². The summed E-state index contributed by atoms with van der Waals surface area (Å²) in [5.74, 6) is 0. The lowest BCUT2D eigenvalue weighted by atomic mass is 10.0. The Labute approximate surface area is 177 Å². The van der Waals surface area contributed by atoms with Gasteiger partial charge in [0, 0.05) is 39.9 Å². The first-order valence-corrected chi connectivity index (χ1v) is 10.7. The van der Waals surface area contributed by atoms with E-state index in [4.69, 9.17) is 0 Å². The lowest BCUT2D eigenvalue weighted by Gasteiger charge is -2.26. The average molecular weight is 483 g/mol. The lowest BCUT2D eigenvalue weighted by Crippen LogP contribution is -2.29. The molecule has 0 saturated heterocycles. The maximum absolute atomic E-state index is 9.68. The molecule has 0 spiro atoms. The van der Waals surface area contributed by atoms with E-state index in [2.05, 4.69) is 75.0 Å². The average Bonchev–Trinajstić information content (AvgIpc) is 3.05. The fourth-order valence-corrected chi connectivity index (χ4v) is 5.04. The number of thiophene rings is 1. The zero-order chi connectivity index (χ0) is 18.6. The fourth-order valence-electron chi connectivity index (χ4n) is 3.33. The zero-order valence-electron chi connectivity index (χ0n) is 14.7. The van der Waals surface area contributed by atoms with E-state index in [1.807, 2.05) is 24.4 Å². The van der Waals surface area contributed by atoms with E-state index in [-0.39, 0.29) is 0 Å². The summed E-state index contributed by atoms with van der Waals surface area (Å²) in [6.07, 6.45) is 2.79. The van der Waals surface area contributed by atoms with Gasteiger partial charge in [-0.2, -0.15) is 5.26 Å². The van der Waals surface area contributed by atoms with Crippen molar-refractivity contribution in [1.82, 2.24) is 4.90 Å². The van der Waals surface area contributed by atoms with Crippen molar-refractivity contribution in [3.05, 3.63) is 85.3 Å². The minimum Gasteiger partial charge on any atom is -0.294 e. The molecule has 1 aliphatic rings. The molecule has 0 atom stereocenters. The molecule has 5 heteroatoms. The number of aliphatic imine (C=N–C) groups is 1. The summed E-state index contributed by atoms with van der Waals surface area (Å²) in [6.45, 7) is 2.82. The molecule has 0 aliphatic carbocycles. The highest BCUT2D eigenvalue weighted by Crippen LogP contribution is 2.38. The number of benzene rings is 2. The van der Waals surface area contributed by atoms with Crippen molar-refractivity contribution in [1.29, 1.82) is 5.26 Å². The third-order valence-electron chi connectivity index (χ3n) is 4.70. The second-order valence-corrected chi connectivity index (χ2v) is 8.77. The quantitative estimate of drug-likeness (QED) is 0.362. The summed E-state index contributed by atoms with van der Waals surface area (Å²) in [6, 6.07) is 21.1. The summed E-state index contributed by atoms with van der Waals surface area (Å²) in [4.78, 5) is 8.40. The van der Waals surface area contributed by atoms with Crippen molar-refractivity contribution in [3.63, 3.8) is 0 Å². The molecule has 0 unspecified atom stereocenters. The number of fused-ring (bicyclic) bond motifs is 1. The first kappa shape index (κ1) is 18.4. The largest absolute Gasteiger partial charge is 0.294 e. The highest BCUT2D eigenvalue weighted by molar-refractivity contribution is 14.1. The summed E-state index contributed by atoms with van der Waals surface area (Å²) >= 11 is 3.97. The highest BCUT2D eigenvalue weighted by atomic mass is 127. The molecule has 0 radical (unpaired) electrons. The van der Waals surface area contributed by atoms with E-state index < -0.39 is 0 Å². The molecule has 4 rings (SSSR count). The summed E-state index contributed by atoms with van der Waals surface area (Å²) in [5, 5.41) is 10.5. The highest BCUT2D eigenvalue weighted by Gasteiger charge is 2.24. The number of nitriles is 1. The van der Waals surface area contributed by atoms with Gasteiger partial charge in [0.1, 0.15) is 11.1 Å². The molecule has 2 heterocycles. The molecule has 2 aromatic carbocycles. The van der Waals surface area contributed by atoms with Crippen LogP contribution in [0.25, 0.3) is 0 Å². The van der Waals surface area contributed by atoms with Crippen LogP contribution in [0.4, 0.5) is 5.00 Å². The fraction of sp³-hybridized carbons (Fsp3) is 0.182. The van der Waals surface area contributed by atoms with Crippen molar-refractivity contribution in [2.75, 3.05) is 6.54 Å². The van der Waals surface area contributed by atoms with E-state index in [9.17, 15) is 5.26 Å². The SMILES string of the molecule is N#Cc1c(N=Cc2ccccc2I)sc2c1CCN(Cc1ccccc1)C2. The standard InChI is InChI=1S/C22H18IN3S/c23-20-9-5-4-8-17(20)13-25-22-19(12-24)18-10-11-26(15-21(18)27-22)14-16-6-2-1-3-7-16/h1-9,13H,10-11,14-15H2. The molecule has 0 N–H and O–H groups in total. The zero-order valence-corrected chi connectivity index (χ0v) is 17.7. The molecule has 0 fully saturated rings. The van der Waals surface area contributed by atoms with E-state index in [1.165, 1.54) is 16.0 Å². The van der Waals surface area contributed by atoms with Crippen molar-refractivity contribution in [2.24, 2.45) is 4.99 Å². The van der Waals surface area contributed by atoms with E-state index in [0.717, 1.165) is 45.8 Å². The van der Waals surface area contributed by atoms with Crippen LogP contribution in [-0.4, -0.2) is 17.7 Å². The summed E-state index contributed by atoms with van der Waals surface area (Å²) in [5.41, 5.74) is 4.37.